The number of nitrogens with zero attached hydrogens (tertiary/aromatic N) is 1. The van der Waals surface area contributed by atoms with E-state index in [4.69, 9.17) is 16.7 Å². The molecule has 0 spiro atoms. The summed E-state index contributed by atoms with van der Waals surface area (Å²) in [5.41, 5.74) is 0.224. The summed E-state index contributed by atoms with van der Waals surface area (Å²) < 4.78 is 0. The van der Waals surface area contributed by atoms with Gasteiger partial charge in [0.2, 0.25) is 0 Å². The quantitative estimate of drug-likeness (QED) is 0.845. The number of hydrogen-bond donors (Lipinski definition) is 1. The zero-order chi connectivity index (χ0) is 13.4. The van der Waals surface area contributed by atoms with Crippen molar-refractivity contribution in [3.63, 3.8) is 0 Å². The molecule has 2 rings (SSSR count). The van der Waals surface area contributed by atoms with E-state index in [9.17, 15) is 14.4 Å². The van der Waals surface area contributed by atoms with Crippen LogP contribution in [-0.2, 0) is 0 Å². The second-order valence-corrected chi connectivity index (χ2v) is 4.31. The van der Waals surface area contributed by atoms with Gasteiger partial charge in [-0.3, -0.25) is 14.5 Å². The van der Waals surface area contributed by atoms with Gasteiger partial charge in [-0.1, -0.05) is 18.2 Å². The lowest BCUT2D eigenvalue weighted by Gasteiger charge is -2.11. The minimum absolute atomic E-state index is 0.0403. The van der Waals surface area contributed by atoms with E-state index >= 15 is 0 Å². The van der Waals surface area contributed by atoms with Crippen LogP contribution in [0.3, 0.4) is 0 Å². The van der Waals surface area contributed by atoms with E-state index < -0.39 is 17.8 Å². The molecule has 6 heteroatoms. The Morgan fingerprint density at radius 1 is 1.28 bits per heavy atom. The van der Waals surface area contributed by atoms with E-state index in [1.165, 1.54) is 18.2 Å². The summed E-state index contributed by atoms with van der Waals surface area (Å²) >= 11 is 5.58. The summed E-state index contributed by atoms with van der Waals surface area (Å²) in [4.78, 5) is 35.6. The molecule has 1 N–H and O–H groups in total. The fraction of sp³-hybridized carbons (Fsp3) is 0.0833. The van der Waals surface area contributed by atoms with Crippen molar-refractivity contribution in [1.29, 1.82) is 0 Å². The van der Waals surface area contributed by atoms with Gasteiger partial charge in [-0.25, -0.2) is 4.79 Å². The van der Waals surface area contributed by atoms with Gasteiger partial charge in [0.1, 0.15) is 0 Å². The number of rotatable bonds is 3. The Morgan fingerprint density at radius 3 is 2.44 bits per heavy atom. The van der Waals surface area contributed by atoms with Gasteiger partial charge in [-0.05, 0) is 18.2 Å². The van der Waals surface area contributed by atoms with Crippen molar-refractivity contribution in [1.82, 2.24) is 4.90 Å². The van der Waals surface area contributed by atoms with Crippen molar-refractivity contribution in [3.8, 4) is 0 Å². The van der Waals surface area contributed by atoms with E-state index in [-0.39, 0.29) is 28.3 Å². The number of carboxylic acids is 1. The molecule has 0 saturated carbocycles. The van der Waals surface area contributed by atoms with Crippen LogP contribution in [0.1, 0.15) is 31.1 Å². The first kappa shape index (κ1) is 12.3. The van der Waals surface area contributed by atoms with Crippen molar-refractivity contribution in [2.45, 2.75) is 0 Å². The molecule has 0 atom stereocenters. The SMILES string of the molecule is C=C(Cl)CN1C(=O)c2ccc(C(=O)O)cc2C1=O. The highest BCUT2D eigenvalue weighted by atomic mass is 35.5. The van der Waals surface area contributed by atoms with Crippen LogP contribution in [0, 0.1) is 0 Å². The largest absolute Gasteiger partial charge is 0.478 e. The van der Waals surface area contributed by atoms with Crippen molar-refractivity contribution < 1.29 is 19.5 Å². The Morgan fingerprint density at radius 2 is 1.89 bits per heavy atom. The van der Waals surface area contributed by atoms with Crippen molar-refractivity contribution in [2.75, 3.05) is 6.54 Å². The maximum atomic E-state index is 11.9. The summed E-state index contributed by atoms with van der Waals surface area (Å²) in [6, 6.07) is 3.80. The van der Waals surface area contributed by atoms with Crippen LogP contribution in [0.5, 0.6) is 0 Å². The third-order valence-corrected chi connectivity index (χ3v) is 2.67. The first-order chi connectivity index (χ1) is 8.41. The van der Waals surface area contributed by atoms with E-state index in [1.54, 1.807) is 0 Å². The van der Waals surface area contributed by atoms with Gasteiger partial charge >= 0.3 is 5.97 Å². The Labute approximate surface area is 107 Å². The highest BCUT2D eigenvalue weighted by Crippen LogP contribution is 2.25. The monoisotopic (exact) mass is 265 g/mol. The van der Waals surface area contributed by atoms with Gasteiger partial charge in [-0.15, -0.1) is 0 Å². The Bertz CT molecular complexity index is 594. The lowest BCUT2D eigenvalue weighted by Crippen LogP contribution is -2.30. The van der Waals surface area contributed by atoms with Crippen LogP contribution in [0.15, 0.2) is 29.8 Å². The average Bonchev–Trinajstić information content (AvgIpc) is 2.53. The first-order valence-electron chi connectivity index (χ1n) is 4.98. The molecule has 0 aromatic heterocycles. The molecule has 18 heavy (non-hydrogen) atoms. The summed E-state index contributed by atoms with van der Waals surface area (Å²) in [5, 5.41) is 8.99. The number of halogens is 1. The zero-order valence-corrected chi connectivity index (χ0v) is 9.90. The number of carboxylic acid groups (broad SMARTS) is 1. The van der Waals surface area contributed by atoms with Crippen LogP contribution < -0.4 is 0 Å². The second-order valence-electron chi connectivity index (χ2n) is 3.78. The average molecular weight is 266 g/mol. The molecular weight excluding hydrogens is 258 g/mol. The molecule has 92 valence electrons. The van der Waals surface area contributed by atoms with E-state index in [0.29, 0.717) is 0 Å². The molecule has 0 saturated heterocycles. The molecule has 0 unspecified atom stereocenters. The predicted molar refractivity (Wildman–Crippen MR) is 63.8 cm³/mol. The number of benzene rings is 1. The van der Waals surface area contributed by atoms with Crippen LogP contribution in [0.2, 0.25) is 0 Å². The molecule has 1 aromatic rings. The summed E-state index contributed by atoms with van der Waals surface area (Å²) in [5.74, 6) is -2.20. The number of hydrogen-bond acceptors (Lipinski definition) is 3. The van der Waals surface area contributed by atoms with Crippen molar-refractivity contribution >= 4 is 29.4 Å². The number of carbonyl (C=O) groups is 3. The zero-order valence-electron chi connectivity index (χ0n) is 9.14. The van der Waals surface area contributed by atoms with Gasteiger partial charge in [0, 0.05) is 5.03 Å². The van der Waals surface area contributed by atoms with E-state index in [1.807, 2.05) is 0 Å². The minimum Gasteiger partial charge on any atom is -0.478 e. The molecule has 0 fully saturated rings. The summed E-state index contributed by atoms with van der Waals surface area (Å²) in [6.45, 7) is 3.33. The maximum absolute atomic E-state index is 11.9. The molecule has 2 amide bonds. The van der Waals surface area contributed by atoms with Crippen molar-refractivity contribution in [2.24, 2.45) is 0 Å². The molecular formula is C12H8ClNO4. The normalized spacial score (nSPS) is 13.7. The van der Waals surface area contributed by atoms with Crippen LogP contribution >= 0.6 is 11.6 Å². The highest BCUT2D eigenvalue weighted by molar-refractivity contribution is 6.30. The van der Waals surface area contributed by atoms with E-state index in [0.717, 1.165) is 4.90 Å². The Balaban J connectivity index is 2.45. The van der Waals surface area contributed by atoms with Gasteiger partial charge in [0.05, 0.1) is 23.2 Å². The minimum atomic E-state index is -1.15. The Hall–Kier alpha value is -2.14. The molecule has 0 aliphatic carbocycles. The standard InChI is InChI=1S/C12H8ClNO4/c1-6(13)5-14-10(15)8-3-2-7(12(17)18)4-9(8)11(14)16/h2-4H,1,5H2,(H,17,18). The van der Waals surface area contributed by atoms with Crippen LogP contribution in [0.25, 0.3) is 0 Å². The predicted octanol–water partition coefficient (Wildman–Crippen LogP) is 1.73. The number of aromatic carboxylic acids is 1. The van der Waals surface area contributed by atoms with Crippen molar-refractivity contribution in [3.05, 3.63) is 46.5 Å². The number of fused-ring (bicyclic) bond motifs is 1. The fourth-order valence-corrected chi connectivity index (χ4v) is 1.86. The first-order valence-corrected chi connectivity index (χ1v) is 5.36. The summed E-state index contributed by atoms with van der Waals surface area (Å²) in [6.07, 6.45) is 0. The second kappa shape index (κ2) is 4.27. The molecule has 0 radical (unpaired) electrons. The molecule has 1 aliphatic heterocycles. The molecule has 1 aromatic carbocycles. The fourth-order valence-electron chi connectivity index (χ4n) is 1.74. The maximum Gasteiger partial charge on any atom is 0.335 e. The number of amides is 2. The molecule has 1 heterocycles. The number of carbonyl (C=O) groups excluding carboxylic acids is 2. The lowest BCUT2D eigenvalue weighted by molar-refractivity contribution is 0.0667. The van der Waals surface area contributed by atoms with Gasteiger partial charge in [0.25, 0.3) is 11.8 Å². The molecule has 1 aliphatic rings. The summed E-state index contributed by atoms with van der Waals surface area (Å²) in [7, 11) is 0. The third kappa shape index (κ3) is 1.89. The van der Waals surface area contributed by atoms with E-state index in [2.05, 4.69) is 6.58 Å². The number of imide groups is 1. The highest BCUT2D eigenvalue weighted by Gasteiger charge is 2.35. The molecule has 5 nitrogen and oxygen atoms in total. The van der Waals surface area contributed by atoms with Gasteiger partial charge in [-0.2, -0.15) is 0 Å². The molecule has 0 bridgehead atoms. The van der Waals surface area contributed by atoms with Gasteiger partial charge in [0.15, 0.2) is 0 Å². The third-order valence-electron chi connectivity index (χ3n) is 2.55. The smallest absolute Gasteiger partial charge is 0.335 e. The lowest BCUT2D eigenvalue weighted by atomic mass is 10.1. The topological polar surface area (TPSA) is 74.7 Å². The Kier molecular flexibility index (Phi) is 2.92. The van der Waals surface area contributed by atoms with Crippen LogP contribution in [0.4, 0.5) is 0 Å². The van der Waals surface area contributed by atoms with Crippen LogP contribution in [-0.4, -0.2) is 34.3 Å². The van der Waals surface area contributed by atoms with Gasteiger partial charge < -0.3 is 5.11 Å².